The molecule has 0 bridgehead atoms. The maximum atomic E-state index is 9.45. The molecule has 0 radical (unpaired) electrons. The Morgan fingerprint density at radius 1 is 1.17 bits per heavy atom. The summed E-state index contributed by atoms with van der Waals surface area (Å²) in [5.41, 5.74) is 1.36. The number of nitrogens with one attached hydrogen (secondary N) is 1. The van der Waals surface area contributed by atoms with Crippen LogP contribution in [-0.2, 0) is 6.42 Å². The fourth-order valence-electron chi connectivity index (χ4n) is 2.58. The van der Waals surface area contributed by atoms with Gasteiger partial charge in [-0.15, -0.1) is 0 Å². The molecule has 0 aliphatic heterocycles. The number of rotatable bonds is 5. The second kappa shape index (κ2) is 7.27. The molecule has 1 saturated carbocycles. The van der Waals surface area contributed by atoms with Crippen molar-refractivity contribution in [1.82, 2.24) is 5.32 Å². The van der Waals surface area contributed by atoms with Gasteiger partial charge in [-0.25, -0.2) is 0 Å². The predicted octanol–water partition coefficient (Wildman–Crippen LogP) is 3.13. The SMILES string of the molecule is OC1CCC(CNCCc2ccccc2Br)CC1. The van der Waals surface area contributed by atoms with Gasteiger partial charge in [0.25, 0.3) is 0 Å². The summed E-state index contributed by atoms with van der Waals surface area (Å²) in [7, 11) is 0. The average molecular weight is 312 g/mol. The minimum absolute atomic E-state index is 0.0403. The molecule has 1 aliphatic carbocycles. The number of aliphatic hydroxyl groups excluding tert-OH is 1. The van der Waals surface area contributed by atoms with Gasteiger partial charge in [0.1, 0.15) is 0 Å². The van der Waals surface area contributed by atoms with E-state index in [1.165, 1.54) is 22.9 Å². The van der Waals surface area contributed by atoms with Crippen LogP contribution in [0.5, 0.6) is 0 Å². The van der Waals surface area contributed by atoms with E-state index in [1.54, 1.807) is 0 Å². The molecule has 1 aromatic carbocycles. The van der Waals surface area contributed by atoms with Crippen LogP contribution in [0.1, 0.15) is 31.2 Å². The zero-order valence-electron chi connectivity index (χ0n) is 10.7. The zero-order valence-corrected chi connectivity index (χ0v) is 12.3. The summed E-state index contributed by atoms with van der Waals surface area (Å²) in [5, 5.41) is 13.0. The van der Waals surface area contributed by atoms with Crippen molar-refractivity contribution in [1.29, 1.82) is 0 Å². The first kappa shape index (κ1) is 14.0. The van der Waals surface area contributed by atoms with Crippen molar-refractivity contribution in [3.8, 4) is 0 Å². The van der Waals surface area contributed by atoms with Gasteiger partial charge in [-0.2, -0.15) is 0 Å². The summed E-state index contributed by atoms with van der Waals surface area (Å²) < 4.78 is 1.20. The predicted molar refractivity (Wildman–Crippen MR) is 78.7 cm³/mol. The third-order valence-corrected chi connectivity index (χ3v) is 4.55. The molecule has 100 valence electrons. The van der Waals surface area contributed by atoms with Crippen molar-refractivity contribution >= 4 is 15.9 Å². The third kappa shape index (κ3) is 4.38. The van der Waals surface area contributed by atoms with Gasteiger partial charge in [-0.3, -0.25) is 0 Å². The number of aliphatic hydroxyl groups is 1. The lowest BCUT2D eigenvalue weighted by Crippen LogP contribution is -2.29. The van der Waals surface area contributed by atoms with Gasteiger partial charge < -0.3 is 10.4 Å². The van der Waals surface area contributed by atoms with Crippen molar-refractivity contribution in [2.45, 2.75) is 38.2 Å². The normalized spacial score (nSPS) is 24.1. The van der Waals surface area contributed by atoms with Gasteiger partial charge in [0, 0.05) is 4.47 Å². The molecule has 0 amide bonds. The third-order valence-electron chi connectivity index (χ3n) is 3.78. The molecule has 3 heteroatoms. The topological polar surface area (TPSA) is 32.3 Å². The summed E-state index contributed by atoms with van der Waals surface area (Å²) in [4.78, 5) is 0. The average Bonchev–Trinajstić information content (AvgIpc) is 2.39. The second-order valence-corrected chi connectivity index (χ2v) is 6.07. The van der Waals surface area contributed by atoms with Crippen molar-refractivity contribution < 1.29 is 5.11 Å². The Labute approximate surface area is 118 Å². The maximum absolute atomic E-state index is 9.45. The number of hydrogen-bond donors (Lipinski definition) is 2. The van der Waals surface area contributed by atoms with Crippen molar-refractivity contribution in [2.24, 2.45) is 5.92 Å². The van der Waals surface area contributed by atoms with E-state index in [2.05, 4.69) is 39.4 Å². The summed E-state index contributed by atoms with van der Waals surface area (Å²) in [6, 6.07) is 8.40. The van der Waals surface area contributed by atoms with E-state index in [0.717, 1.165) is 38.3 Å². The van der Waals surface area contributed by atoms with Crippen LogP contribution in [0.3, 0.4) is 0 Å². The smallest absolute Gasteiger partial charge is 0.0540 e. The van der Waals surface area contributed by atoms with Crippen LogP contribution < -0.4 is 5.32 Å². The van der Waals surface area contributed by atoms with Crippen LogP contribution in [0.2, 0.25) is 0 Å². The van der Waals surface area contributed by atoms with Gasteiger partial charge in [-0.05, 0) is 62.7 Å². The van der Waals surface area contributed by atoms with E-state index in [1.807, 2.05) is 6.07 Å². The van der Waals surface area contributed by atoms with Crippen LogP contribution in [0.15, 0.2) is 28.7 Å². The van der Waals surface area contributed by atoms with Crippen LogP contribution in [0, 0.1) is 5.92 Å². The van der Waals surface area contributed by atoms with E-state index in [4.69, 9.17) is 0 Å². The first-order valence-electron chi connectivity index (χ1n) is 6.88. The highest BCUT2D eigenvalue weighted by Gasteiger charge is 2.18. The molecule has 1 aliphatic rings. The lowest BCUT2D eigenvalue weighted by Gasteiger charge is -2.25. The Kier molecular flexibility index (Phi) is 5.67. The molecule has 0 aromatic heterocycles. The summed E-state index contributed by atoms with van der Waals surface area (Å²) in [5.74, 6) is 0.757. The van der Waals surface area contributed by atoms with Gasteiger partial charge >= 0.3 is 0 Å². The van der Waals surface area contributed by atoms with Crippen LogP contribution >= 0.6 is 15.9 Å². The summed E-state index contributed by atoms with van der Waals surface area (Å²) >= 11 is 3.58. The molecule has 1 aromatic rings. The molecule has 0 heterocycles. The molecule has 0 spiro atoms. The Hall–Kier alpha value is -0.380. The fourth-order valence-corrected chi connectivity index (χ4v) is 3.06. The van der Waals surface area contributed by atoms with Gasteiger partial charge in [-0.1, -0.05) is 34.1 Å². The Morgan fingerprint density at radius 3 is 2.61 bits per heavy atom. The highest BCUT2D eigenvalue weighted by molar-refractivity contribution is 9.10. The molecule has 2 rings (SSSR count). The molecule has 1 fully saturated rings. The quantitative estimate of drug-likeness (QED) is 0.819. The van der Waals surface area contributed by atoms with E-state index in [9.17, 15) is 5.11 Å². The summed E-state index contributed by atoms with van der Waals surface area (Å²) in [6.07, 6.45) is 5.33. The number of benzene rings is 1. The summed E-state index contributed by atoms with van der Waals surface area (Å²) in [6.45, 7) is 2.12. The van der Waals surface area contributed by atoms with Gasteiger partial charge in [0.05, 0.1) is 6.10 Å². The highest BCUT2D eigenvalue weighted by atomic mass is 79.9. The molecule has 2 nitrogen and oxygen atoms in total. The van der Waals surface area contributed by atoms with E-state index >= 15 is 0 Å². The highest BCUT2D eigenvalue weighted by Crippen LogP contribution is 2.23. The fraction of sp³-hybridized carbons (Fsp3) is 0.600. The van der Waals surface area contributed by atoms with Crippen molar-refractivity contribution in [2.75, 3.05) is 13.1 Å². The largest absolute Gasteiger partial charge is 0.393 e. The number of hydrogen-bond acceptors (Lipinski definition) is 2. The monoisotopic (exact) mass is 311 g/mol. The number of halogens is 1. The molecule has 0 saturated heterocycles. The van der Waals surface area contributed by atoms with Crippen LogP contribution in [-0.4, -0.2) is 24.3 Å². The lowest BCUT2D eigenvalue weighted by molar-refractivity contribution is 0.108. The van der Waals surface area contributed by atoms with Crippen molar-refractivity contribution in [3.63, 3.8) is 0 Å². The molecule has 0 unspecified atom stereocenters. The Balaban J connectivity index is 1.63. The first-order valence-corrected chi connectivity index (χ1v) is 7.67. The van der Waals surface area contributed by atoms with Gasteiger partial charge in [0.2, 0.25) is 0 Å². The molecule has 2 N–H and O–H groups in total. The van der Waals surface area contributed by atoms with E-state index in [-0.39, 0.29) is 6.10 Å². The first-order chi connectivity index (χ1) is 8.75. The van der Waals surface area contributed by atoms with Crippen molar-refractivity contribution in [3.05, 3.63) is 34.3 Å². The van der Waals surface area contributed by atoms with E-state index < -0.39 is 0 Å². The zero-order chi connectivity index (χ0) is 12.8. The lowest BCUT2D eigenvalue weighted by atomic mass is 9.87. The standard InChI is InChI=1S/C15H22BrNO/c16-15-4-2-1-3-13(15)9-10-17-11-12-5-7-14(18)8-6-12/h1-4,12,14,17-18H,5-11H2. The van der Waals surface area contributed by atoms with Crippen LogP contribution in [0.4, 0.5) is 0 Å². The maximum Gasteiger partial charge on any atom is 0.0540 e. The Bertz CT molecular complexity index is 361. The van der Waals surface area contributed by atoms with Crippen LogP contribution in [0.25, 0.3) is 0 Å². The second-order valence-electron chi connectivity index (χ2n) is 5.22. The molecular formula is C15H22BrNO. The van der Waals surface area contributed by atoms with Gasteiger partial charge in [0.15, 0.2) is 0 Å². The Morgan fingerprint density at radius 2 is 1.89 bits per heavy atom. The molecule has 0 atom stereocenters. The molecule has 18 heavy (non-hydrogen) atoms. The molecular weight excluding hydrogens is 290 g/mol. The minimum atomic E-state index is -0.0403. The minimum Gasteiger partial charge on any atom is -0.393 e. The van der Waals surface area contributed by atoms with E-state index in [0.29, 0.717) is 0 Å².